The van der Waals surface area contributed by atoms with E-state index in [1.807, 2.05) is 0 Å². The van der Waals surface area contributed by atoms with E-state index >= 15 is 0 Å². The molecule has 0 spiro atoms. The standard InChI is InChI=1S/C30H44N2/c1-29(2,3)27-22-26(28(23-27)30(4,5)6)12-10-8-9-11-17-32-20-15-25(16-21-32)24-13-18-31(7)19-14-24/h13-16,18-23,26H,8-12,17H2,1-7H3/q+2. The van der Waals surface area contributed by atoms with Crippen LogP contribution >= 0.6 is 0 Å². The molecule has 1 aliphatic rings. The summed E-state index contributed by atoms with van der Waals surface area (Å²) in [7, 11) is 2.05. The summed E-state index contributed by atoms with van der Waals surface area (Å²) >= 11 is 0. The van der Waals surface area contributed by atoms with Gasteiger partial charge in [0.15, 0.2) is 24.8 Å². The Morgan fingerprint density at radius 3 is 1.84 bits per heavy atom. The summed E-state index contributed by atoms with van der Waals surface area (Å²) in [6.45, 7) is 15.2. The molecule has 0 saturated heterocycles. The lowest BCUT2D eigenvalue weighted by atomic mass is 9.78. The van der Waals surface area contributed by atoms with Crippen LogP contribution in [0.15, 0.2) is 72.4 Å². The first-order valence-electron chi connectivity index (χ1n) is 12.4. The highest BCUT2D eigenvalue weighted by molar-refractivity contribution is 5.60. The van der Waals surface area contributed by atoms with Crippen LogP contribution in [0.4, 0.5) is 0 Å². The monoisotopic (exact) mass is 432 g/mol. The van der Waals surface area contributed by atoms with Gasteiger partial charge in [0.05, 0.1) is 0 Å². The summed E-state index contributed by atoms with van der Waals surface area (Å²) in [5, 5.41) is 0. The van der Waals surface area contributed by atoms with E-state index in [1.54, 1.807) is 5.57 Å². The molecule has 2 aromatic heterocycles. The number of hydrogen-bond acceptors (Lipinski definition) is 0. The molecule has 32 heavy (non-hydrogen) atoms. The maximum Gasteiger partial charge on any atom is 0.169 e. The molecule has 0 saturated carbocycles. The molecule has 0 radical (unpaired) electrons. The summed E-state index contributed by atoms with van der Waals surface area (Å²) in [6, 6.07) is 8.80. The van der Waals surface area contributed by atoms with Gasteiger partial charge in [-0.1, -0.05) is 72.1 Å². The largest absolute Gasteiger partial charge is 0.208 e. The van der Waals surface area contributed by atoms with Gasteiger partial charge in [0, 0.05) is 30.7 Å². The fraction of sp³-hybridized carbons (Fsp3) is 0.533. The van der Waals surface area contributed by atoms with Crippen LogP contribution in [0.5, 0.6) is 0 Å². The molecule has 2 heteroatoms. The van der Waals surface area contributed by atoms with Gasteiger partial charge in [-0.15, -0.1) is 0 Å². The van der Waals surface area contributed by atoms with Crippen molar-refractivity contribution in [1.29, 1.82) is 0 Å². The Kier molecular flexibility index (Phi) is 7.75. The maximum absolute atomic E-state index is 2.56. The normalized spacial score (nSPS) is 16.8. The van der Waals surface area contributed by atoms with Crippen LogP contribution in [0, 0.1) is 16.7 Å². The van der Waals surface area contributed by atoms with Gasteiger partial charge in [0.2, 0.25) is 0 Å². The zero-order valence-electron chi connectivity index (χ0n) is 21.5. The minimum Gasteiger partial charge on any atom is -0.208 e. The molecule has 0 aliphatic heterocycles. The van der Waals surface area contributed by atoms with Crippen LogP contribution in [-0.4, -0.2) is 0 Å². The predicted molar refractivity (Wildman–Crippen MR) is 135 cm³/mol. The van der Waals surface area contributed by atoms with Gasteiger partial charge in [-0.05, 0) is 46.3 Å². The number of rotatable bonds is 8. The first-order valence-corrected chi connectivity index (χ1v) is 12.4. The Labute approximate surface area is 196 Å². The Balaban J connectivity index is 1.42. The molecule has 0 aromatic carbocycles. The fourth-order valence-electron chi connectivity index (χ4n) is 4.61. The quantitative estimate of drug-likeness (QED) is 0.314. The number of pyridine rings is 2. The van der Waals surface area contributed by atoms with Gasteiger partial charge in [-0.2, -0.15) is 0 Å². The molecule has 0 amide bonds. The zero-order valence-corrected chi connectivity index (χ0v) is 21.5. The molecule has 1 aliphatic carbocycles. The van der Waals surface area contributed by atoms with E-state index in [2.05, 4.69) is 119 Å². The minimum atomic E-state index is 0.246. The van der Waals surface area contributed by atoms with Gasteiger partial charge in [0.25, 0.3) is 0 Å². The van der Waals surface area contributed by atoms with E-state index in [4.69, 9.17) is 0 Å². The third-order valence-electron chi connectivity index (χ3n) is 6.71. The zero-order chi connectivity index (χ0) is 23.4. The van der Waals surface area contributed by atoms with E-state index in [9.17, 15) is 0 Å². The van der Waals surface area contributed by atoms with Crippen LogP contribution in [0.3, 0.4) is 0 Å². The maximum atomic E-state index is 2.56. The number of allylic oxidation sites excluding steroid dienone is 4. The lowest BCUT2D eigenvalue weighted by Gasteiger charge is -2.26. The Morgan fingerprint density at radius 1 is 0.719 bits per heavy atom. The van der Waals surface area contributed by atoms with Gasteiger partial charge in [0.1, 0.15) is 13.6 Å². The highest BCUT2D eigenvalue weighted by Gasteiger charge is 2.31. The Bertz CT molecular complexity index is 932. The van der Waals surface area contributed by atoms with E-state index in [-0.39, 0.29) is 10.8 Å². The van der Waals surface area contributed by atoms with Crippen LogP contribution in [0.2, 0.25) is 0 Å². The van der Waals surface area contributed by atoms with Crippen LogP contribution < -0.4 is 9.13 Å². The number of aromatic nitrogens is 2. The lowest BCUT2D eigenvalue weighted by Crippen LogP contribution is -2.32. The fourth-order valence-corrected chi connectivity index (χ4v) is 4.61. The summed E-state index contributed by atoms with van der Waals surface area (Å²) < 4.78 is 4.39. The smallest absolute Gasteiger partial charge is 0.169 e. The van der Waals surface area contributed by atoms with E-state index in [0.29, 0.717) is 5.92 Å². The third-order valence-corrected chi connectivity index (χ3v) is 6.71. The summed E-state index contributed by atoms with van der Waals surface area (Å²) in [5.74, 6) is 0.631. The van der Waals surface area contributed by atoms with Crippen LogP contribution in [0.1, 0.15) is 73.6 Å². The molecular formula is C30H44N2+2. The molecule has 172 valence electrons. The molecule has 1 atom stereocenters. The van der Waals surface area contributed by atoms with Crippen molar-refractivity contribution in [3.8, 4) is 11.1 Å². The molecule has 2 heterocycles. The van der Waals surface area contributed by atoms with Crippen molar-refractivity contribution in [3.63, 3.8) is 0 Å². The number of unbranched alkanes of at least 4 members (excludes halogenated alkanes) is 3. The van der Waals surface area contributed by atoms with E-state index < -0.39 is 0 Å². The Morgan fingerprint density at radius 2 is 1.28 bits per heavy atom. The van der Waals surface area contributed by atoms with Crippen molar-refractivity contribution in [2.24, 2.45) is 23.8 Å². The van der Waals surface area contributed by atoms with Gasteiger partial charge < -0.3 is 0 Å². The van der Waals surface area contributed by atoms with Crippen molar-refractivity contribution >= 4 is 0 Å². The van der Waals surface area contributed by atoms with Crippen molar-refractivity contribution in [2.45, 2.75) is 80.2 Å². The van der Waals surface area contributed by atoms with Crippen molar-refractivity contribution in [3.05, 3.63) is 72.4 Å². The lowest BCUT2D eigenvalue weighted by molar-refractivity contribution is -0.697. The SMILES string of the molecule is C[n+]1ccc(-c2cc[n+](CCCCCCC3C=C(C(C)(C)C)C=C3C(C)(C)C)cc2)cc1. The van der Waals surface area contributed by atoms with Crippen LogP contribution in [0.25, 0.3) is 11.1 Å². The predicted octanol–water partition coefficient (Wildman–Crippen LogP) is 6.99. The third kappa shape index (κ3) is 6.64. The Hall–Kier alpha value is -2.22. The second kappa shape index (κ2) is 10.1. The van der Waals surface area contributed by atoms with Gasteiger partial charge >= 0.3 is 0 Å². The van der Waals surface area contributed by atoms with Gasteiger partial charge in [-0.3, -0.25) is 0 Å². The molecule has 2 aromatic rings. The average Bonchev–Trinajstić information content (AvgIpc) is 3.17. The minimum absolute atomic E-state index is 0.246. The van der Waals surface area contributed by atoms with Crippen LogP contribution in [-0.2, 0) is 13.6 Å². The molecular weight excluding hydrogens is 388 g/mol. The molecule has 2 nitrogen and oxygen atoms in total. The first kappa shape index (κ1) is 24.4. The summed E-state index contributed by atoms with van der Waals surface area (Å²) in [4.78, 5) is 0. The van der Waals surface area contributed by atoms with Crippen molar-refractivity contribution in [2.75, 3.05) is 0 Å². The first-order chi connectivity index (χ1) is 15.0. The second-order valence-corrected chi connectivity index (χ2v) is 11.6. The highest BCUT2D eigenvalue weighted by atomic mass is 14.9. The molecule has 3 rings (SSSR count). The van der Waals surface area contributed by atoms with Crippen molar-refractivity contribution < 1.29 is 9.13 Å². The number of nitrogens with zero attached hydrogens (tertiary/aromatic N) is 2. The second-order valence-electron chi connectivity index (χ2n) is 11.6. The molecule has 0 fully saturated rings. The molecule has 0 N–H and O–H groups in total. The summed E-state index contributed by atoms with van der Waals surface area (Å²) in [5.41, 5.74) is 6.21. The van der Waals surface area contributed by atoms with Gasteiger partial charge in [-0.25, -0.2) is 9.13 Å². The topological polar surface area (TPSA) is 7.76 Å². The summed E-state index contributed by atoms with van der Waals surface area (Å²) in [6.07, 6.45) is 20.2. The van der Waals surface area contributed by atoms with E-state index in [1.165, 1.54) is 48.8 Å². The molecule has 1 unspecified atom stereocenters. The number of aryl methyl sites for hydroxylation is 2. The average molecular weight is 433 g/mol. The number of hydrogen-bond donors (Lipinski definition) is 0. The van der Waals surface area contributed by atoms with E-state index in [0.717, 1.165) is 6.54 Å². The molecule has 0 bridgehead atoms. The highest BCUT2D eigenvalue weighted by Crippen LogP contribution is 2.44. The van der Waals surface area contributed by atoms with Crippen molar-refractivity contribution in [1.82, 2.24) is 0 Å².